The summed E-state index contributed by atoms with van der Waals surface area (Å²) in [5.41, 5.74) is 12.5. The largest absolute Gasteiger partial charge is 0.238 e. The molecule has 0 atom stereocenters. The monoisotopic (exact) mass is 688 g/mol. The van der Waals surface area contributed by atoms with Gasteiger partial charge in [-0.1, -0.05) is 188 Å². The number of fused-ring (bicyclic) bond motifs is 1. The normalized spacial score (nSPS) is 10.9. The van der Waals surface area contributed by atoms with E-state index in [-0.39, 0.29) is 0 Å². The Hall–Kier alpha value is -7.48. The van der Waals surface area contributed by atoms with Gasteiger partial charge in [0.25, 0.3) is 0 Å². The van der Waals surface area contributed by atoms with Crippen LogP contribution < -0.4 is 0 Å². The van der Waals surface area contributed by atoms with Crippen LogP contribution in [-0.4, -0.2) is 15.0 Å². The first-order chi connectivity index (χ1) is 26.7. The minimum atomic E-state index is 0.627. The molecule has 1 aromatic heterocycles. The lowest BCUT2D eigenvalue weighted by atomic mass is 9.91. The van der Waals surface area contributed by atoms with E-state index in [0.29, 0.717) is 23.2 Å². The summed E-state index contributed by atoms with van der Waals surface area (Å²) in [6.07, 6.45) is 0. The predicted octanol–water partition coefficient (Wildman–Crippen LogP) is 13.2. The first kappa shape index (κ1) is 32.4. The van der Waals surface area contributed by atoms with E-state index in [2.05, 4.69) is 138 Å². The minimum absolute atomic E-state index is 0.627. The predicted molar refractivity (Wildman–Crippen MR) is 222 cm³/mol. The van der Waals surface area contributed by atoms with E-state index in [4.69, 9.17) is 21.5 Å². The second-order valence-electron chi connectivity index (χ2n) is 13.1. The Labute approximate surface area is 314 Å². The molecule has 0 aliphatic carbocycles. The summed E-state index contributed by atoms with van der Waals surface area (Å²) in [4.78, 5) is 18.5. The van der Waals surface area contributed by atoms with Gasteiger partial charge in [0.2, 0.25) is 0 Å². The fourth-order valence-electron chi connectivity index (χ4n) is 6.99. The second-order valence-corrected chi connectivity index (χ2v) is 13.1. The fraction of sp³-hybridized carbons (Fsp3) is 0. The number of nitrogens with zero attached hydrogens (tertiary/aromatic N) is 4. The van der Waals surface area contributed by atoms with Gasteiger partial charge in [0.15, 0.2) is 23.2 Å². The summed E-state index contributed by atoms with van der Waals surface area (Å²) in [7, 11) is 0. The first-order valence-electron chi connectivity index (χ1n) is 17.9. The van der Waals surface area contributed by atoms with E-state index < -0.39 is 0 Å². The van der Waals surface area contributed by atoms with Crippen LogP contribution in [0.4, 0.5) is 5.69 Å². The molecule has 4 heteroatoms. The van der Waals surface area contributed by atoms with Gasteiger partial charge >= 0.3 is 0 Å². The second kappa shape index (κ2) is 14.3. The summed E-state index contributed by atoms with van der Waals surface area (Å²) >= 11 is 0. The van der Waals surface area contributed by atoms with Crippen LogP contribution in [0.15, 0.2) is 194 Å². The molecular weight excluding hydrogens is 657 g/mol. The van der Waals surface area contributed by atoms with Gasteiger partial charge in [0, 0.05) is 16.7 Å². The highest BCUT2D eigenvalue weighted by Gasteiger charge is 2.14. The molecule has 9 rings (SSSR count). The van der Waals surface area contributed by atoms with E-state index in [9.17, 15) is 0 Å². The van der Waals surface area contributed by atoms with Crippen molar-refractivity contribution in [2.75, 3.05) is 0 Å². The van der Waals surface area contributed by atoms with Crippen LogP contribution in [0.2, 0.25) is 0 Å². The minimum Gasteiger partial charge on any atom is -0.238 e. The molecule has 0 spiro atoms. The molecule has 0 aliphatic heterocycles. The Bertz CT molecular complexity index is 2790. The Balaban J connectivity index is 1.05. The van der Waals surface area contributed by atoms with Crippen LogP contribution in [-0.2, 0) is 0 Å². The average Bonchev–Trinajstić information content (AvgIpc) is 3.26. The Morgan fingerprint density at radius 2 is 0.648 bits per heavy atom. The lowest BCUT2D eigenvalue weighted by molar-refractivity contribution is 1.07. The van der Waals surface area contributed by atoms with E-state index in [0.717, 1.165) is 50.1 Å². The van der Waals surface area contributed by atoms with Crippen molar-refractivity contribution in [3.63, 3.8) is 0 Å². The van der Waals surface area contributed by atoms with Crippen molar-refractivity contribution in [2.45, 2.75) is 0 Å². The highest BCUT2D eigenvalue weighted by molar-refractivity contribution is 6.05. The van der Waals surface area contributed by atoms with Crippen molar-refractivity contribution < 1.29 is 0 Å². The average molecular weight is 689 g/mol. The number of aromatic nitrogens is 3. The van der Waals surface area contributed by atoms with Gasteiger partial charge in [-0.3, -0.25) is 0 Å². The Morgan fingerprint density at radius 3 is 1.13 bits per heavy atom. The molecule has 0 saturated carbocycles. The zero-order chi connectivity index (χ0) is 36.3. The van der Waals surface area contributed by atoms with Gasteiger partial charge in [-0.05, 0) is 61.3 Å². The van der Waals surface area contributed by atoms with Crippen LogP contribution in [0, 0.1) is 6.57 Å². The number of rotatable bonds is 7. The van der Waals surface area contributed by atoms with Crippen molar-refractivity contribution in [1.82, 2.24) is 15.0 Å². The van der Waals surface area contributed by atoms with Gasteiger partial charge in [0.05, 0.1) is 6.57 Å². The third-order valence-corrected chi connectivity index (χ3v) is 9.80. The molecule has 0 fully saturated rings. The maximum Gasteiger partial charge on any atom is 0.187 e. The molecule has 0 N–H and O–H groups in total. The van der Waals surface area contributed by atoms with Crippen LogP contribution >= 0.6 is 0 Å². The molecule has 4 nitrogen and oxygen atoms in total. The molecule has 0 bridgehead atoms. The third kappa shape index (κ3) is 6.43. The summed E-state index contributed by atoms with van der Waals surface area (Å²) < 4.78 is 0. The number of hydrogen-bond donors (Lipinski definition) is 0. The van der Waals surface area contributed by atoms with Crippen LogP contribution in [0.25, 0.3) is 94.3 Å². The quantitative estimate of drug-likeness (QED) is 0.157. The molecule has 0 amide bonds. The van der Waals surface area contributed by atoms with Crippen molar-refractivity contribution in [3.05, 3.63) is 206 Å². The molecule has 252 valence electrons. The SMILES string of the molecule is [C-]#[N+]c1cccc(-c2ccc(-c3ccc(-c4ccc(-c5nc(-c6ccccc6)nc(-c6ccc(-c7ccccc7)cc6)n5)cc4)c4ccccc34)cc2)c1. The summed E-state index contributed by atoms with van der Waals surface area (Å²) in [5, 5.41) is 2.37. The van der Waals surface area contributed by atoms with E-state index >= 15 is 0 Å². The zero-order valence-corrected chi connectivity index (χ0v) is 29.3. The summed E-state index contributed by atoms with van der Waals surface area (Å²) in [6, 6.07) is 66.7. The van der Waals surface area contributed by atoms with E-state index in [1.807, 2.05) is 60.7 Å². The van der Waals surface area contributed by atoms with Crippen molar-refractivity contribution in [3.8, 4) is 78.7 Å². The highest BCUT2D eigenvalue weighted by Crippen LogP contribution is 2.37. The molecule has 54 heavy (non-hydrogen) atoms. The lowest BCUT2D eigenvalue weighted by Gasteiger charge is -2.13. The van der Waals surface area contributed by atoms with Crippen LogP contribution in [0.1, 0.15) is 0 Å². The molecular formula is C50H32N4. The van der Waals surface area contributed by atoms with Crippen molar-refractivity contribution >= 4 is 16.5 Å². The lowest BCUT2D eigenvalue weighted by Crippen LogP contribution is -2.00. The molecule has 9 aromatic rings. The van der Waals surface area contributed by atoms with Gasteiger partial charge in [-0.2, -0.15) is 0 Å². The Kier molecular flexibility index (Phi) is 8.57. The van der Waals surface area contributed by atoms with Crippen molar-refractivity contribution in [1.29, 1.82) is 0 Å². The molecule has 0 radical (unpaired) electrons. The molecule has 0 aliphatic rings. The number of benzene rings is 8. The first-order valence-corrected chi connectivity index (χ1v) is 17.9. The van der Waals surface area contributed by atoms with E-state index in [1.54, 1.807) is 0 Å². The zero-order valence-electron chi connectivity index (χ0n) is 29.3. The highest BCUT2D eigenvalue weighted by atomic mass is 15.0. The van der Waals surface area contributed by atoms with Gasteiger partial charge in [0.1, 0.15) is 0 Å². The number of hydrogen-bond acceptors (Lipinski definition) is 3. The molecule has 8 aromatic carbocycles. The maximum absolute atomic E-state index is 7.37. The summed E-state index contributed by atoms with van der Waals surface area (Å²) in [6.45, 7) is 7.37. The molecule has 0 saturated heterocycles. The standard InChI is InChI=1S/C50H32N4/c1-51-43-16-10-15-42(33-43)36-19-23-37(24-20-36)44-31-32-45(47-18-9-8-17-46(44)47)38-25-29-41(30-26-38)50-53-48(39-13-6-3-7-14-39)52-49(54-50)40-27-21-35(22-28-40)34-11-4-2-5-12-34/h2-33H. The molecule has 0 unspecified atom stereocenters. The fourth-order valence-corrected chi connectivity index (χ4v) is 6.99. The summed E-state index contributed by atoms with van der Waals surface area (Å²) in [5.74, 6) is 1.90. The Morgan fingerprint density at radius 1 is 0.296 bits per heavy atom. The maximum atomic E-state index is 7.37. The topological polar surface area (TPSA) is 43.0 Å². The van der Waals surface area contributed by atoms with E-state index in [1.165, 1.54) is 21.9 Å². The van der Waals surface area contributed by atoms with Crippen molar-refractivity contribution in [2.24, 2.45) is 0 Å². The van der Waals surface area contributed by atoms with Crippen LogP contribution in [0.3, 0.4) is 0 Å². The van der Waals surface area contributed by atoms with Crippen LogP contribution in [0.5, 0.6) is 0 Å². The van der Waals surface area contributed by atoms with Gasteiger partial charge < -0.3 is 0 Å². The smallest absolute Gasteiger partial charge is 0.187 e. The van der Waals surface area contributed by atoms with Gasteiger partial charge in [-0.25, -0.2) is 19.8 Å². The molecule has 1 heterocycles. The van der Waals surface area contributed by atoms with Gasteiger partial charge in [-0.15, -0.1) is 0 Å². The third-order valence-electron chi connectivity index (χ3n) is 9.80.